The average molecular weight is 953 g/mol. The molecule has 0 aromatic rings. The second-order valence-corrected chi connectivity index (χ2v) is 17.7. The zero-order chi connectivity index (χ0) is 50.0. The van der Waals surface area contributed by atoms with Crippen LogP contribution >= 0.6 is 0 Å². The maximum absolute atomic E-state index is 12.8. The van der Waals surface area contributed by atoms with E-state index in [2.05, 4.69) is 154 Å². The lowest BCUT2D eigenvalue weighted by Crippen LogP contribution is -2.30. The van der Waals surface area contributed by atoms with Crippen molar-refractivity contribution in [1.82, 2.24) is 0 Å². The quantitative estimate of drug-likeness (QED) is 0.0262. The first-order chi connectivity index (χ1) is 34.0. The van der Waals surface area contributed by atoms with Crippen LogP contribution in [0.5, 0.6) is 0 Å². The highest BCUT2D eigenvalue weighted by atomic mass is 16.6. The van der Waals surface area contributed by atoms with Gasteiger partial charge in [-0.05, 0) is 109 Å². The van der Waals surface area contributed by atoms with Crippen molar-refractivity contribution in [2.75, 3.05) is 13.2 Å². The first-order valence-electron chi connectivity index (χ1n) is 27.7. The average Bonchev–Trinajstić information content (AvgIpc) is 3.35. The van der Waals surface area contributed by atoms with E-state index in [0.717, 1.165) is 109 Å². The zero-order valence-electron chi connectivity index (χ0n) is 44.3. The van der Waals surface area contributed by atoms with E-state index in [1.165, 1.54) is 64.2 Å². The molecule has 6 heteroatoms. The van der Waals surface area contributed by atoms with Crippen LogP contribution in [-0.2, 0) is 28.6 Å². The molecule has 0 aromatic carbocycles. The summed E-state index contributed by atoms with van der Waals surface area (Å²) in [4.78, 5) is 38.1. The van der Waals surface area contributed by atoms with Gasteiger partial charge in [0.05, 0.1) is 0 Å². The summed E-state index contributed by atoms with van der Waals surface area (Å²) in [6, 6.07) is 0. The lowest BCUT2D eigenvalue weighted by molar-refractivity contribution is -0.167. The molecule has 69 heavy (non-hydrogen) atoms. The Balaban J connectivity index is 4.53. The van der Waals surface area contributed by atoms with Gasteiger partial charge >= 0.3 is 17.9 Å². The van der Waals surface area contributed by atoms with Crippen LogP contribution in [0.1, 0.15) is 226 Å². The van der Waals surface area contributed by atoms with E-state index in [-0.39, 0.29) is 44.0 Å². The van der Waals surface area contributed by atoms with Crippen molar-refractivity contribution in [3.63, 3.8) is 0 Å². The Hall–Kier alpha value is -4.45. The van der Waals surface area contributed by atoms with Gasteiger partial charge in [0.15, 0.2) is 6.10 Å². The summed E-state index contributed by atoms with van der Waals surface area (Å²) in [5.74, 6) is -1.03. The summed E-state index contributed by atoms with van der Waals surface area (Å²) >= 11 is 0. The molecule has 6 nitrogen and oxygen atoms in total. The molecule has 0 N–H and O–H groups in total. The second-order valence-electron chi connectivity index (χ2n) is 17.7. The number of rotatable bonds is 48. The van der Waals surface area contributed by atoms with Gasteiger partial charge in [-0.1, -0.05) is 231 Å². The van der Waals surface area contributed by atoms with Crippen LogP contribution in [0, 0.1) is 0 Å². The van der Waals surface area contributed by atoms with Crippen LogP contribution in [0.25, 0.3) is 0 Å². The molecule has 0 aliphatic carbocycles. The van der Waals surface area contributed by atoms with Gasteiger partial charge in [0.25, 0.3) is 0 Å². The Morgan fingerprint density at radius 2 is 0.580 bits per heavy atom. The van der Waals surface area contributed by atoms with Crippen molar-refractivity contribution in [3.05, 3.63) is 134 Å². The molecule has 0 aromatic heterocycles. The molecule has 388 valence electrons. The molecule has 0 amide bonds. The highest BCUT2D eigenvalue weighted by Gasteiger charge is 2.19. The highest BCUT2D eigenvalue weighted by Crippen LogP contribution is 2.14. The van der Waals surface area contributed by atoms with Gasteiger partial charge in [-0.3, -0.25) is 14.4 Å². The van der Waals surface area contributed by atoms with Gasteiger partial charge in [-0.25, -0.2) is 0 Å². The molecular formula is C63H100O6. The molecule has 0 aliphatic heterocycles. The maximum Gasteiger partial charge on any atom is 0.306 e. The number of hydrogen-bond acceptors (Lipinski definition) is 6. The van der Waals surface area contributed by atoms with Gasteiger partial charge in [-0.15, -0.1) is 0 Å². The third-order valence-corrected chi connectivity index (χ3v) is 11.2. The zero-order valence-corrected chi connectivity index (χ0v) is 44.3. The molecule has 1 unspecified atom stereocenters. The smallest absolute Gasteiger partial charge is 0.306 e. The molecule has 0 aliphatic rings. The van der Waals surface area contributed by atoms with Crippen LogP contribution in [0.2, 0.25) is 0 Å². The predicted molar refractivity (Wildman–Crippen MR) is 297 cm³/mol. The third kappa shape index (κ3) is 54.4. The number of allylic oxidation sites excluding steroid dienone is 22. The van der Waals surface area contributed by atoms with Crippen molar-refractivity contribution in [1.29, 1.82) is 0 Å². The summed E-state index contributed by atoms with van der Waals surface area (Å²) in [6.07, 6.45) is 78.8. The Morgan fingerprint density at radius 1 is 0.304 bits per heavy atom. The number of hydrogen-bond donors (Lipinski definition) is 0. The number of carbonyl (C=O) groups excluding carboxylic acids is 3. The normalized spacial score (nSPS) is 13.1. The van der Waals surface area contributed by atoms with E-state index in [4.69, 9.17) is 14.2 Å². The Bertz CT molecular complexity index is 1510. The minimum atomic E-state index is -0.826. The van der Waals surface area contributed by atoms with Crippen molar-refractivity contribution < 1.29 is 28.6 Å². The van der Waals surface area contributed by atoms with Gasteiger partial charge < -0.3 is 14.2 Å². The molecule has 0 fully saturated rings. The summed E-state index contributed by atoms with van der Waals surface area (Å²) in [7, 11) is 0. The van der Waals surface area contributed by atoms with E-state index in [9.17, 15) is 14.4 Å². The van der Waals surface area contributed by atoms with E-state index in [1.807, 2.05) is 0 Å². The lowest BCUT2D eigenvalue weighted by Gasteiger charge is -2.18. The summed E-state index contributed by atoms with van der Waals surface area (Å²) < 4.78 is 16.7. The Kier molecular flexibility index (Phi) is 52.5. The summed E-state index contributed by atoms with van der Waals surface area (Å²) in [6.45, 7) is 6.31. The SMILES string of the molecule is CC/C=C\C/C=C\C/C=C\C/C=C\C/C=C\C/C=C\C/C=C\CCCC(=O)OCC(COC(=O)CCCCCCCCCCCCCCC)OC(=O)CCCC/C=C\C/C=C\C/C=C\C/C=C\CC. The van der Waals surface area contributed by atoms with Gasteiger partial charge in [0.2, 0.25) is 0 Å². The molecule has 0 spiro atoms. The lowest BCUT2D eigenvalue weighted by atomic mass is 10.0. The first-order valence-corrected chi connectivity index (χ1v) is 27.7. The van der Waals surface area contributed by atoms with Gasteiger partial charge in [0, 0.05) is 19.3 Å². The summed E-state index contributed by atoms with van der Waals surface area (Å²) in [5, 5.41) is 0. The number of unbranched alkanes of at least 4 members (excludes halogenated alkanes) is 15. The Morgan fingerprint density at radius 3 is 0.942 bits per heavy atom. The number of ether oxygens (including phenoxy) is 3. The minimum Gasteiger partial charge on any atom is -0.462 e. The molecule has 0 bridgehead atoms. The number of esters is 3. The predicted octanol–water partition coefficient (Wildman–Crippen LogP) is 18.6. The van der Waals surface area contributed by atoms with Crippen LogP contribution in [0.15, 0.2) is 134 Å². The maximum atomic E-state index is 12.8. The van der Waals surface area contributed by atoms with Gasteiger partial charge in [0.1, 0.15) is 13.2 Å². The molecule has 0 saturated carbocycles. The fourth-order valence-corrected chi connectivity index (χ4v) is 7.07. The largest absolute Gasteiger partial charge is 0.462 e. The van der Waals surface area contributed by atoms with Crippen LogP contribution < -0.4 is 0 Å². The van der Waals surface area contributed by atoms with E-state index >= 15 is 0 Å². The first kappa shape index (κ1) is 64.5. The van der Waals surface area contributed by atoms with Crippen LogP contribution in [-0.4, -0.2) is 37.2 Å². The molecule has 0 saturated heterocycles. The molecule has 0 heterocycles. The summed E-state index contributed by atoms with van der Waals surface area (Å²) in [5.41, 5.74) is 0. The topological polar surface area (TPSA) is 78.9 Å². The Labute approximate surface area is 424 Å². The third-order valence-electron chi connectivity index (χ3n) is 11.2. The monoisotopic (exact) mass is 953 g/mol. The van der Waals surface area contributed by atoms with Crippen molar-refractivity contribution in [3.8, 4) is 0 Å². The molecular weight excluding hydrogens is 853 g/mol. The second kappa shape index (κ2) is 56.1. The van der Waals surface area contributed by atoms with Crippen molar-refractivity contribution in [2.24, 2.45) is 0 Å². The minimum absolute atomic E-state index is 0.115. The standard InChI is InChI=1S/C63H100O6/c1-4-7-10-13-16-19-22-25-27-28-29-30-31-32-33-34-36-38-41-44-47-50-53-56-62(65)68-59-60(58-67-61(64)55-52-49-46-43-40-37-24-21-18-15-12-9-6-3)69-63(66)57-54-51-48-45-42-39-35-26-23-20-17-14-11-8-5-2/h7-8,10-11,16-17,19-20,25-27,29-30,32-33,35-36,38,42,44-45,47,60H,4-6,9,12-15,18,21-24,28,31,34,37,39-41,43,46,48-59H2,1-3H3/b10-7-,11-8-,19-16-,20-17-,27-25-,30-29-,33-32-,35-26-,38-36-,45-42-,47-44-. The fourth-order valence-electron chi connectivity index (χ4n) is 7.07. The fraction of sp³-hybridized carbons (Fsp3) is 0.603. The van der Waals surface area contributed by atoms with Crippen LogP contribution in [0.3, 0.4) is 0 Å². The van der Waals surface area contributed by atoms with Crippen molar-refractivity contribution >= 4 is 17.9 Å². The molecule has 0 radical (unpaired) electrons. The van der Waals surface area contributed by atoms with Crippen LogP contribution in [0.4, 0.5) is 0 Å². The number of carbonyl (C=O) groups is 3. The molecule has 0 rings (SSSR count). The van der Waals surface area contributed by atoms with E-state index < -0.39 is 6.10 Å². The van der Waals surface area contributed by atoms with E-state index in [0.29, 0.717) is 19.3 Å². The molecule has 1 atom stereocenters. The van der Waals surface area contributed by atoms with Crippen molar-refractivity contribution in [2.45, 2.75) is 232 Å². The van der Waals surface area contributed by atoms with E-state index in [1.54, 1.807) is 0 Å². The van der Waals surface area contributed by atoms with Gasteiger partial charge in [-0.2, -0.15) is 0 Å². The highest BCUT2D eigenvalue weighted by molar-refractivity contribution is 5.71.